The summed E-state index contributed by atoms with van der Waals surface area (Å²) in [6.45, 7) is 5.52. The van der Waals surface area contributed by atoms with Crippen LogP contribution in [0.3, 0.4) is 0 Å². The lowest BCUT2D eigenvalue weighted by molar-refractivity contribution is -0.139. The zero-order chi connectivity index (χ0) is 13.4. The Morgan fingerprint density at radius 2 is 2.22 bits per heavy atom. The van der Waals surface area contributed by atoms with Crippen LogP contribution in [0.4, 0.5) is 4.79 Å². The Balaban J connectivity index is 2.26. The lowest BCUT2D eigenvalue weighted by Crippen LogP contribution is -2.54. The number of aliphatic hydroxyl groups is 1. The molecule has 0 bridgehead atoms. The number of rotatable bonds is 3. The fourth-order valence-electron chi connectivity index (χ4n) is 2.11. The molecule has 0 aliphatic carbocycles. The maximum absolute atomic E-state index is 11.9. The Morgan fingerprint density at radius 1 is 1.50 bits per heavy atom. The van der Waals surface area contributed by atoms with E-state index in [0.717, 1.165) is 5.56 Å². The van der Waals surface area contributed by atoms with Crippen LogP contribution in [0.2, 0.25) is 0 Å². The average Bonchev–Trinajstić information content (AvgIpc) is 2.51. The van der Waals surface area contributed by atoms with Gasteiger partial charge in [0.05, 0.1) is 6.54 Å². The van der Waals surface area contributed by atoms with E-state index >= 15 is 0 Å². The van der Waals surface area contributed by atoms with E-state index in [4.69, 9.17) is 4.74 Å². The third-order valence-electron chi connectivity index (χ3n) is 3.80. The lowest BCUT2D eigenvalue weighted by atomic mass is 9.90. The third-order valence-corrected chi connectivity index (χ3v) is 3.80. The van der Waals surface area contributed by atoms with Gasteiger partial charge in [0.15, 0.2) is 11.3 Å². The number of ether oxygens (including phenoxy) is 1. The van der Waals surface area contributed by atoms with Crippen molar-refractivity contribution in [2.75, 3.05) is 0 Å². The summed E-state index contributed by atoms with van der Waals surface area (Å²) in [4.78, 5) is 17.2. The number of nitrogens with zero attached hydrogens (tertiary/aromatic N) is 2. The van der Waals surface area contributed by atoms with Gasteiger partial charge in [-0.15, -0.1) is 0 Å². The van der Waals surface area contributed by atoms with Gasteiger partial charge in [-0.3, -0.25) is 9.88 Å². The molecular weight excluding hydrogens is 232 g/mol. The van der Waals surface area contributed by atoms with Crippen molar-refractivity contribution in [3.63, 3.8) is 0 Å². The number of hydrogen-bond donors (Lipinski definition) is 1. The molecule has 0 unspecified atom stereocenters. The van der Waals surface area contributed by atoms with E-state index < -0.39 is 17.4 Å². The van der Waals surface area contributed by atoms with E-state index in [9.17, 15) is 9.90 Å². The third kappa shape index (κ3) is 1.84. The molecule has 5 heteroatoms. The standard InChI is InChI=1S/C13H18N2O3/c1-4-12(2)13(3,17)15(11(16)18-12)9-10-6-5-7-14-8-10/h5-8,17H,4,9H2,1-3H3/t12-,13-/m0/s1. The van der Waals surface area contributed by atoms with Gasteiger partial charge in [0.2, 0.25) is 0 Å². The van der Waals surface area contributed by atoms with E-state index in [-0.39, 0.29) is 6.54 Å². The summed E-state index contributed by atoms with van der Waals surface area (Å²) in [5.41, 5.74) is -1.35. The molecule has 98 valence electrons. The van der Waals surface area contributed by atoms with Crippen molar-refractivity contribution in [2.24, 2.45) is 0 Å². The number of hydrogen-bond acceptors (Lipinski definition) is 4. The molecule has 2 rings (SSSR count). The Labute approximate surface area is 106 Å². The Morgan fingerprint density at radius 3 is 2.72 bits per heavy atom. The highest BCUT2D eigenvalue weighted by molar-refractivity contribution is 5.72. The average molecular weight is 250 g/mol. The first-order valence-electron chi connectivity index (χ1n) is 6.02. The van der Waals surface area contributed by atoms with Crippen LogP contribution in [-0.2, 0) is 11.3 Å². The fraction of sp³-hybridized carbons (Fsp3) is 0.538. The molecule has 2 atom stereocenters. The topological polar surface area (TPSA) is 62.7 Å². The maximum atomic E-state index is 11.9. The van der Waals surface area contributed by atoms with Crippen molar-refractivity contribution in [3.05, 3.63) is 30.1 Å². The molecular formula is C13H18N2O3. The largest absolute Gasteiger partial charge is 0.438 e. The molecule has 0 aromatic carbocycles. The minimum Gasteiger partial charge on any atom is -0.438 e. The van der Waals surface area contributed by atoms with E-state index in [1.807, 2.05) is 13.0 Å². The van der Waals surface area contributed by atoms with Crippen LogP contribution >= 0.6 is 0 Å². The molecule has 1 saturated heterocycles. The monoisotopic (exact) mass is 250 g/mol. The van der Waals surface area contributed by atoms with E-state index in [2.05, 4.69) is 4.98 Å². The van der Waals surface area contributed by atoms with Crippen molar-refractivity contribution in [2.45, 2.75) is 45.1 Å². The fourth-order valence-corrected chi connectivity index (χ4v) is 2.11. The van der Waals surface area contributed by atoms with Crippen LogP contribution < -0.4 is 0 Å². The van der Waals surface area contributed by atoms with Crippen molar-refractivity contribution in [1.82, 2.24) is 9.88 Å². The molecule has 1 aromatic heterocycles. The normalized spacial score (nSPS) is 31.6. The second kappa shape index (κ2) is 4.24. The Hall–Kier alpha value is -1.62. The first kappa shape index (κ1) is 12.8. The van der Waals surface area contributed by atoms with Gasteiger partial charge in [0, 0.05) is 12.4 Å². The second-order valence-electron chi connectivity index (χ2n) is 4.92. The van der Waals surface area contributed by atoms with Gasteiger partial charge in [-0.25, -0.2) is 4.79 Å². The minimum atomic E-state index is -1.32. The molecule has 1 aromatic rings. The smallest absolute Gasteiger partial charge is 0.413 e. The summed E-state index contributed by atoms with van der Waals surface area (Å²) in [6, 6.07) is 3.66. The predicted octanol–water partition coefficient (Wildman–Crippen LogP) is 1.91. The molecule has 1 aliphatic heterocycles. The molecule has 18 heavy (non-hydrogen) atoms. The highest BCUT2D eigenvalue weighted by Gasteiger charge is 2.58. The molecule has 5 nitrogen and oxygen atoms in total. The summed E-state index contributed by atoms with van der Waals surface area (Å²) in [7, 11) is 0. The summed E-state index contributed by atoms with van der Waals surface area (Å²) in [5, 5.41) is 10.6. The van der Waals surface area contributed by atoms with Crippen LogP contribution in [-0.4, -0.2) is 32.4 Å². The molecule has 0 spiro atoms. The van der Waals surface area contributed by atoms with Crippen LogP contribution in [0, 0.1) is 0 Å². The van der Waals surface area contributed by atoms with Gasteiger partial charge in [0.1, 0.15) is 0 Å². The number of pyridine rings is 1. The van der Waals surface area contributed by atoms with E-state index in [1.54, 1.807) is 32.3 Å². The molecule has 1 fully saturated rings. The molecule has 0 saturated carbocycles. The van der Waals surface area contributed by atoms with Crippen molar-refractivity contribution in [3.8, 4) is 0 Å². The molecule has 1 N–H and O–H groups in total. The van der Waals surface area contributed by atoms with Crippen LogP contribution in [0.15, 0.2) is 24.5 Å². The van der Waals surface area contributed by atoms with E-state index in [1.165, 1.54) is 4.90 Å². The zero-order valence-electron chi connectivity index (χ0n) is 10.9. The van der Waals surface area contributed by atoms with E-state index in [0.29, 0.717) is 6.42 Å². The number of aromatic nitrogens is 1. The summed E-state index contributed by atoms with van der Waals surface area (Å²) < 4.78 is 5.31. The number of carbonyl (C=O) groups is 1. The number of amides is 1. The van der Waals surface area contributed by atoms with Gasteiger partial charge >= 0.3 is 6.09 Å². The van der Waals surface area contributed by atoms with Crippen LogP contribution in [0.1, 0.15) is 32.8 Å². The van der Waals surface area contributed by atoms with Crippen molar-refractivity contribution < 1.29 is 14.6 Å². The molecule has 1 aliphatic rings. The summed E-state index contributed by atoms with van der Waals surface area (Å²) in [5.74, 6) is 0. The van der Waals surface area contributed by atoms with Gasteiger partial charge in [-0.05, 0) is 31.9 Å². The first-order valence-corrected chi connectivity index (χ1v) is 6.02. The Kier molecular flexibility index (Phi) is 3.02. The van der Waals surface area contributed by atoms with Crippen molar-refractivity contribution >= 4 is 6.09 Å². The molecule has 1 amide bonds. The maximum Gasteiger partial charge on any atom is 0.413 e. The predicted molar refractivity (Wildman–Crippen MR) is 65.6 cm³/mol. The number of carbonyl (C=O) groups excluding carboxylic acids is 1. The molecule has 2 heterocycles. The zero-order valence-corrected chi connectivity index (χ0v) is 10.9. The van der Waals surface area contributed by atoms with Gasteiger partial charge < -0.3 is 9.84 Å². The number of cyclic esters (lactones) is 1. The lowest BCUT2D eigenvalue weighted by Gasteiger charge is -2.36. The summed E-state index contributed by atoms with van der Waals surface area (Å²) >= 11 is 0. The highest BCUT2D eigenvalue weighted by Crippen LogP contribution is 2.40. The quantitative estimate of drug-likeness (QED) is 0.890. The highest BCUT2D eigenvalue weighted by atomic mass is 16.6. The van der Waals surface area contributed by atoms with Crippen LogP contribution in [0.25, 0.3) is 0 Å². The van der Waals surface area contributed by atoms with Gasteiger partial charge in [0.25, 0.3) is 0 Å². The van der Waals surface area contributed by atoms with Gasteiger partial charge in [-0.1, -0.05) is 13.0 Å². The van der Waals surface area contributed by atoms with Crippen molar-refractivity contribution in [1.29, 1.82) is 0 Å². The minimum absolute atomic E-state index is 0.287. The van der Waals surface area contributed by atoms with Gasteiger partial charge in [-0.2, -0.15) is 0 Å². The van der Waals surface area contributed by atoms with Crippen LogP contribution in [0.5, 0.6) is 0 Å². The Bertz CT molecular complexity index is 447. The first-order chi connectivity index (χ1) is 8.40. The SMILES string of the molecule is CC[C@]1(C)OC(=O)N(Cc2cccnc2)[C@@]1(C)O. The second-order valence-corrected chi connectivity index (χ2v) is 4.92. The summed E-state index contributed by atoms with van der Waals surface area (Å²) in [6.07, 6.45) is 3.40. The molecule has 0 radical (unpaired) electrons.